The van der Waals surface area contributed by atoms with E-state index >= 15 is 0 Å². The zero-order chi connectivity index (χ0) is 42.5. The highest BCUT2D eigenvalue weighted by Gasteiger charge is 2.26. The molecule has 0 saturated heterocycles. The number of hydrogen-bond acceptors (Lipinski definition) is 2. The van der Waals surface area contributed by atoms with Gasteiger partial charge in [-0.3, -0.25) is 0 Å². The van der Waals surface area contributed by atoms with E-state index in [1.165, 1.54) is 76.8 Å². The van der Waals surface area contributed by atoms with Crippen molar-refractivity contribution in [3.63, 3.8) is 0 Å². The highest BCUT2D eigenvalue weighted by Crippen LogP contribution is 2.52. The van der Waals surface area contributed by atoms with Gasteiger partial charge in [0.1, 0.15) is 0 Å². The second-order valence-electron chi connectivity index (χ2n) is 17.5. The van der Waals surface area contributed by atoms with Crippen molar-refractivity contribution in [3.05, 3.63) is 216 Å². The molecule has 0 amide bonds. The molecule has 0 radical (unpaired) electrons. The van der Waals surface area contributed by atoms with Crippen LogP contribution in [0.1, 0.15) is 61.8 Å². The van der Waals surface area contributed by atoms with E-state index in [2.05, 4.69) is 245 Å². The van der Waals surface area contributed by atoms with Crippen LogP contribution in [0.3, 0.4) is 0 Å². The molecule has 0 heterocycles. The van der Waals surface area contributed by atoms with Crippen molar-refractivity contribution in [2.24, 2.45) is 0 Å². The smallest absolute Gasteiger partial charge is 0.0546 e. The van der Waals surface area contributed by atoms with Gasteiger partial charge < -0.3 is 9.80 Å². The molecule has 0 atom stereocenters. The zero-order valence-corrected chi connectivity index (χ0v) is 36.5. The molecule has 0 unspecified atom stereocenters. The summed E-state index contributed by atoms with van der Waals surface area (Å²) in [5, 5.41) is 7.45. The molecule has 0 aliphatic heterocycles. The van der Waals surface area contributed by atoms with E-state index in [1.54, 1.807) is 0 Å². The summed E-state index contributed by atoms with van der Waals surface area (Å²) in [4.78, 5) is 4.92. The van der Waals surface area contributed by atoms with E-state index in [0.29, 0.717) is 11.8 Å². The van der Waals surface area contributed by atoms with Gasteiger partial charge in [-0.1, -0.05) is 172 Å². The van der Waals surface area contributed by atoms with Crippen LogP contribution in [-0.2, 0) is 0 Å². The Hall–Kier alpha value is -7.16. The van der Waals surface area contributed by atoms with Gasteiger partial charge in [-0.15, -0.1) is 0 Å². The fourth-order valence-corrected chi connectivity index (χ4v) is 9.29. The van der Waals surface area contributed by atoms with Crippen molar-refractivity contribution in [1.29, 1.82) is 0 Å². The van der Waals surface area contributed by atoms with Gasteiger partial charge in [0.2, 0.25) is 0 Å². The molecule has 0 aromatic heterocycles. The van der Waals surface area contributed by atoms with Crippen LogP contribution in [0.25, 0.3) is 54.6 Å². The summed E-state index contributed by atoms with van der Waals surface area (Å²) in [6.07, 6.45) is 0. The predicted octanol–water partition coefficient (Wildman–Crippen LogP) is 17.7. The summed E-state index contributed by atoms with van der Waals surface area (Å²) in [7, 11) is 0. The Kier molecular flexibility index (Phi) is 10.1. The van der Waals surface area contributed by atoms with Crippen molar-refractivity contribution in [2.45, 2.75) is 53.4 Å². The number of benzene rings is 10. The third-order valence-electron chi connectivity index (χ3n) is 12.7. The van der Waals surface area contributed by atoms with Gasteiger partial charge in [-0.25, -0.2) is 0 Å². The first-order valence-corrected chi connectivity index (χ1v) is 22.1. The largest absolute Gasteiger partial charge is 0.310 e. The maximum Gasteiger partial charge on any atom is 0.0546 e. The molecule has 0 N–H and O–H groups in total. The Morgan fingerprint density at radius 3 is 0.984 bits per heavy atom. The summed E-state index contributed by atoms with van der Waals surface area (Å²) < 4.78 is 0. The normalized spacial score (nSPS) is 11.7. The Labute approximate surface area is 366 Å². The Morgan fingerprint density at radius 1 is 0.323 bits per heavy atom. The second kappa shape index (κ2) is 16.0. The molecule has 302 valence electrons. The van der Waals surface area contributed by atoms with Crippen LogP contribution in [0.5, 0.6) is 0 Å². The molecule has 2 heteroatoms. The highest BCUT2D eigenvalue weighted by atomic mass is 15.1. The van der Waals surface area contributed by atoms with Gasteiger partial charge in [0.15, 0.2) is 0 Å². The molecule has 0 spiro atoms. The van der Waals surface area contributed by atoms with E-state index in [9.17, 15) is 0 Å². The second-order valence-corrected chi connectivity index (χ2v) is 17.5. The monoisotopic (exact) mass is 800 g/mol. The number of para-hydroxylation sites is 2. The summed E-state index contributed by atoms with van der Waals surface area (Å²) in [6, 6.07) is 72.6. The maximum absolute atomic E-state index is 2.46. The van der Waals surface area contributed by atoms with Crippen molar-refractivity contribution in [3.8, 4) is 22.3 Å². The molecule has 10 rings (SSSR count). The van der Waals surface area contributed by atoms with Crippen LogP contribution >= 0.6 is 0 Å². The summed E-state index contributed by atoms with van der Waals surface area (Å²) in [6.45, 7) is 13.4. The number of aryl methyl sites for hydroxylation is 2. The van der Waals surface area contributed by atoms with E-state index in [1.807, 2.05) is 0 Å². The minimum absolute atomic E-state index is 0.442. The average Bonchev–Trinajstić information content (AvgIpc) is 3.30. The first kappa shape index (κ1) is 39.0. The highest BCUT2D eigenvalue weighted by molar-refractivity contribution is 6.32. The van der Waals surface area contributed by atoms with Gasteiger partial charge in [0, 0.05) is 44.3 Å². The van der Waals surface area contributed by atoms with E-state index in [0.717, 1.165) is 34.1 Å². The molecule has 0 saturated carbocycles. The molecule has 0 aliphatic carbocycles. The lowest BCUT2D eigenvalue weighted by Crippen LogP contribution is -2.12. The molecule has 10 aromatic rings. The van der Waals surface area contributed by atoms with Gasteiger partial charge in [0.25, 0.3) is 0 Å². The quantitative estimate of drug-likeness (QED) is 0.127. The van der Waals surface area contributed by atoms with Crippen molar-refractivity contribution < 1.29 is 0 Å². The maximum atomic E-state index is 2.46. The van der Waals surface area contributed by atoms with Gasteiger partial charge in [-0.2, -0.15) is 0 Å². The minimum Gasteiger partial charge on any atom is -0.310 e. The van der Waals surface area contributed by atoms with Crippen molar-refractivity contribution >= 4 is 66.4 Å². The van der Waals surface area contributed by atoms with E-state index in [-0.39, 0.29) is 0 Å². The van der Waals surface area contributed by atoms with Crippen LogP contribution < -0.4 is 9.80 Å². The lowest BCUT2D eigenvalue weighted by atomic mass is 9.85. The number of nitrogens with zero attached hydrogens (tertiary/aromatic N) is 2. The van der Waals surface area contributed by atoms with Gasteiger partial charge in [-0.05, 0) is 131 Å². The summed E-state index contributed by atoms with van der Waals surface area (Å²) in [5.41, 5.74) is 16.8. The summed E-state index contributed by atoms with van der Waals surface area (Å²) in [5.74, 6) is 0.884. The van der Waals surface area contributed by atoms with E-state index < -0.39 is 0 Å². The molecule has 0 bridgehead atoms. The van der Waals surface area contributed by atoms with Crippen LogP contribution in [0.4, 0.5) is 34.1 Å². The van der Waals surface area contributed by atoms with Crippen LogP contribution in [0.15, 0.2) is 194 Å². The molecule has 2 nitrogen and oxygen atoms in total. The Balaban J connectivity index is 1.36. The standard InChI is InChI=1S/C60H52N2/c1-39(2)43-25-29-49(30-26-43)61(47-13-9-7-10-14-47)57-37-55(45-21-17-41(5)18-22-45)51-34-36-54-58(62(48-15-11-8-12-16-48)50-31-27-44(28-32-50)40(3)4)38-56(46-23-19-42(6)20-24-46)52-33-35-53(57)59(51)60(52)54/h7-40H,1-6H3. The SMILES string of the molecule is Cc1ccc(-c2cc(N(c3ccccc3)c3ccc(C(C)C)cc3)c3ccc4c(-c5ccc(C)cc5)cc(N(c5ccccc5)c5ccc(C(C)C)cc5)c5ccc2c3c45)cc1. The fraction of sp³-hybridized carbons (Fsp3) is 0.133. The summed E-state index contributed by atoms with van der Waals surface area (Å²) >= 11 is 0. The number of rotatable bonds is 10. The third-order valence-corrected chi connectivity index (χ3v) is 12.7. The molecular weight excluding hydrogens is 749 g/mol. The topological polar surface area (TPSA) is 6.48 Å². The predicted molar refractivity (Wildman–Crippen MR) is 268 cm³/mol. The fourth-order valence-electron chi connectivity index (χ4n) is 9.29. The molecular formula is C60H52N2. The van der Waals surface area contributed by atoms with Crippen molar-refractivity contribution in [2.75, 3.05) is 9.80 Å². The molecule has 0 fully saturated rings. The van der Waals surface area contributed by atoms with E-state index in [4.69, 9.17) is 0 Å². The molecule has 62 heavy (non-hydrogen) atoms. The van der Waals surface area contributed by atoms with Crippen LogP contribution in [0.2, 0.25) is 0 Å². The zero-order valence-electron chi connectivity index (χ0n) is 36.5. The first-order chi connectivity index (χ1) is 30.2. The first-order valence-electron chi connectivity index (χ1n) is 22.1. The van der Waals surface area contributed by atoms with Crippen molar-refractivity contribution in [1.82, 2.24) is 0 Å². The Bertz CT molecular complexity index is 2930. The molecule has 10 aromatic carbocycles. The lowest BCUT2D eigenvalue weighted by Gasteiger charge is -2.31. The molecule has 0 aliphatic rings. The van der Waals surface area contributed by atoms with Crippen LogP contribution in [0, 0.1) is 13.8 Å². The van der Waals surface area contributed by atoms with Gasteiger partial charge in [0.05, 0.1) is 11.4 Å². The number of anilines is 6. The third kappa shape index (κ3) is 6.96. The number of hydrogen-bond donors (Lipinski definition) is 0. The minimum atomic E-state index is 0.442. The lowest BCUT2D eigenvalue weighted by molar-refractivity contribution is 0.866. The average molecular weight is 801 g/mol. The Morgan fingerprint density at radius 2 is 0.645 bits per heavy atom. The van der Waals surface area contributed by atoms with Crippen LogP contribution in [-0.4, -0.2) is 0 Å². The van der Waals surface area contributed by atoms with Gasteiger partial charge >= 0.3 is 0 Å².